The van der Waals surface area contributed by atoms with Gasteiger partial charge in [-0.15, -0.1) is 0 Å². The van der Waals surface area contributed by atoms with E-state index in [4.69, 9.17) is 37.9 Å². The van der Waals surface area contributed by atoms with E-state index in [1.54, 1.807) is 0 Å². The Morgan fingerprint density at radius 2 is 1.25 bits per heavy atom. The van der Waals surface area contributed by atoms with Gasteiger partial charge in [0.2, 0.25) is 0 Å². The monoisotopic (exact) mass is 1020 g/mol. The van der Waals surface area contributed by atoms with Gasteiger partial charge in [-0.1, -0.05) is 20.8 Å². The first-order valence-corrected chi connectivity index (χ1v) is 26.8. The van der Waals surface area contributed by atoms with Crippen molar-refractivity contribution in [1.29, 1.82) is 0 Å². The molecule has 4 saturated carbocycles. The Balaban J connectivity index is 0.807. The van der Waals surface area contributed by atoms with E-state index in [-0.39, 0.29) is 17.2 Å². The second-order valence-electron chi connectivity index (χ2n) is 23.8. The smallest absolute Gasteiger partial charge is 0.186 e. The molecule has 1 unspecified atom stereocenters. The summed E-state index contributed by atoms with van der Waals surface area (Å²) in [5.41, 5.74) is -0.0346. The molecule has 0 radical (unpaired) electrons. The maximum atomic E-state index is 11.8. The summed E-state index contributed by atoms with van der Waals surface area (Å²) in [6.45, 7) is 5.51. The van der Waals surface area contributed by atoms with Crippen LogP contribution in [0.25, 0.3) is 0 Å². The molecule has 71 heavy (non-hydrogen) atoms. The van der Waals surface area contributed by atoms with Crippen molar-refractivity contribution in [2.45, 2.75) is 220 Å². The van der Waals surface area contributed by atoms with Crippen molar-refractivity contribution < 1.29 is 99.2 Å². The average Bonchev–Trinajstić information content (AvgIpc) is 3.86. The maximum absolute atomic E-state index is 11.8. The van der Waals surface area contributed by atoms with Crippen molar-refractivity contribution in [3.05, 3.63) is 0 Å². The highest BCUT2D eigenvalue weighted by atomic mass is 16.7. The highest BCUT2D eigenvalue weighted by molar-refractivity contribution is 5.13. The lowest BCUT2D eigenvalue weighted by atomic mass is 9.46. The lowest BCUT2D eigenvalue weighted by Crippen LogP contribution is -2.66. The summed E-state index contributed by atoms with van der Waals surface area (Å²) < 4.78 is 49.6. The molecule has 31 atom stereocenters. The molecule has 21 nitrogen and oxygen atoms in total. The molecule has 0 aromatic carbocycles. The van der Waals surface area contributed by atoms with Gasteiger partial charge in [0, 0.05) is 18.4 Å². The van der Waals surface area contributed by atoms with E-state index in [1.807, 2.05) is 0 Å². The van der Waals surface area contributed by atoms with Crippen molar-refractivity contribution in [2.75, 3.05) is 33.0 Å². The second kappa shape index (κ2) is 21.2. The predicted octanol–water partition coefficient (Wildman–Crippen LogP) is -2.42. The summed E-state index contributed by atoms with van der Waals surface area (Å²) in [5.74, 6) is 3.50. The van der Waals surface area contributed by atoms with Crippen LogP contribution in [0.2, 0.25) is 0 Å². The average molecular weight is 1020 g/mol. The molecule has 21 heteroatoms. The van der Waals surface area contributed by atoms with Crippen LogP contribution in [-0.4, -0.2) is 223 Å². The van der Waals surface area contributed by atoms with E-state index in [1.165, 1.54) is 25.7 Å². The lowest BCUT2D eigenvalue weighted by molar-refractivity contribution is -0.375. The Morgan fingerprint density at radius 3 is 1.97 bits per heavy atom. The fourth-order valence-corrected chi connectivity index (χ4v) is 16.1. The number of hydrogen-bond acceptors (Lipinski definition) is 21. The number of fused-ring (bicyclic) bond motifs is 7. The highest BCUT2D eigenvalue weighted by Crippen LogP contribution is 2.67. The molecule has 0 aromatic rings. The number of hydrogen-bond donors (Lipinski definition) is 13. The number of ether oxygens (including phenoxy) is 8. The highest BCUT2D eigenvalue weighted by Gasteiger charge is 2.65. The van der Waals surface area contributed by atoms with Crippen molar-refractivity contribution in [1.82, 2.24) is 5.32 Å². The molecule has 0 bridgehead atoms. The summed E-state index contributed by atoms with van der Waals surface area (Å²) >= 11 is 0. The summed E-state index contributed by atoms with van der Waals surface area (Å²) in [6.07, 6.45) is -18.5. The van der Waals surface area contributed by atoms with Gasteiger partial charge < -0.3 is 99.2 Å². The first-order valence-electron chi connectivity index (χ1n) is 26.8. The minimum absolute atomic E-state index is 0.133. The van der Waals surface area contributed by atoms with Crippen LogP contribution >= 0.6 is 0 Å². The maximum Gasteiger partial charge on any atom is 0.186 e. The number of rotatable bonds is 11. The Bertz CT molecular complexity index is 1780. The molecular weight excluding hydrogens is 935 g/mol. The minimum Gasteiger partial charge on any atom is -0.394 e. The summed E-state index contributed by atoms with van der Waals surface area (Å²) in [4.78, 5) is 0. The number of aliphatic hydroxyl groups is 12. The third-order valence-electron chi connectivity index (χ3n) is 20.1. The van der Waals surface area contributed by atoms with E-state index in [2.05, 4.69) is 26.1 Å². The van der Waals surface area contributed by atoms with Gasteiger partial charge in [0.15, 0.2) is 18.9 Å². The van der Waals surface area contributed by atoms with E-state index >= 15 is 0 Å². The van der Waals surface area contributed by atoms with Crippen LogP contribution in [0.1, 0.15) is 91.4 Å². The molecule has 6 heterocycles. The second-order valence-corrected chi connectivity index (χ2v) is 23.8. The Morgan fingerprint density at radius 1 is 0.577 bits per heavy atom. The first kappa shape index (κ1) is 53.6. The molecule has 10 aliphatic rings. The zero-order chi connectivity index (χ0) is 50.4. The Labute approximate surface area is 415 Å². The molecule has 408 valence electrons. The van der Waals surface area contributed by atoms with Gasteiger partial charge in [0.05, 0.1) is 50.8 Å². The minimum atomic E-state index is -1.83. The van der Waals surface area contributed by atoms with Gasteiger partial charge in [0.1, 0.15) is 85.1 Å². The van der Waals surface area contributed by atoms with Crippen LogP contribution in [0.5, 0.6) is 0 Å². The zero-order valence-corrected chi connectivity index (χ0v) is 41.2. The third-order valence-corrected chi connectivity index (χ3v) is 20.1. The van der Waals surface area contributed by atoms with E-state index < -0.39 is 149 Å². The van der Waals surface area contributed by atoms with Gasteiger partial charge in [-0.05, 0) is 117 Å². The standard InChI is InChI=1S/C50H83NO20/c1-20-8-11-50(51-15-20)21(2)35-25-6-7-28-24(26(25)13-30(35)71-50)5-4-22-12-23(9-10-49(22,28)3)65-48-43(63)41(61)45(34(18-54)68-48)70-46-27(14-31-37(57)40(60)38(58)32(16-52)66-31)44(39(59)33(17-53)67-46)69-47-42(62)36(56)29(55)19-64-47/h20-48,51-63H,4-19H2,1-3H3/t20-,21-,22-,23-,24-,25?,26-,27+,28-,29+,30-,31-,32+,33+,34+,35+,36-,37-,38+,39+,40+,41+,42+,43+,44+,45-,46+,47-,48+,49-,50-/m0/s1. The molecule has 10 rings (SSSR count). The molecule has 0 amide bonds. The van der Waals surface area contributed by atoms with E-state index in [0.717, 1.165) is 45.1 Å². The topological polar surface area (TPSA) is 329 Å². The van der Waals surface area contributed by atoms with Crippen molar-refractivity contribution in [3.63, 3.8) is 0 Å². The van der Waals surface area contributed by atoms with Gasteiger partial charge in [-0.25, -0.2) is 0 Å². The molecule has 10 fully saturated rings. The van der Waals surface area contributed by atoms with Crippen LogP contribution in [0.15, 0.2) is 0 Å². The summed E-state index contributed by atoms with van der Waals surface area (Å²) in [6, 6.07) is 0. The molecule has 13 N–H and O–H groups in total. The van der Waals surface area contributed by atoms with Gasteiger partial charge in [0.25, 0.3) is 0 Å². The van der Waals surface area contributed by atoms with Gasteiger partial charge in [-0.3, -0.25) is 5.32 Å². The number of piperidine rings is 1. The van der Waals surface area contributed by atoms with Crippen LogP contribution < -0.4 is 5.32 Å². The largest absolute Gasteiger partial charge is 0.394 e. The lowest BCUT2D eigenvalue weighted by Gasteiger charge is -2.59. The van der Waals surface area contributed by atoms with Crippen molar-refractivity contribution >= 4 is 0 Å². The first-order chi connectivity index (χ1) is 33.9. The van der Waals surface area contributed by atoms with Crippen molar-refractivity contribution in [3.8, 4) is 0 Å². The Kier molecular flexibility index (Phi) is 16.0. The molecule has 1 spiro atoms. The normalized spacial score (nSPS) is 57.4. The summed E-state index contributed by atoms with van der Waals surface area (Å²) in [5, 5.41) is 134. The molecule has 0 aromatic heterocycles. The quantitative estimate of drug-likeness (QED) is 0.0958. The van der Waals surface area contributed by atoms with Crippen LogP contribution in [0.4, 0.5) is 0 Å². The van der Waals surface area contributed by atoms with E-state index in [0.29, 0.717) is 53.4 Å². The fourth-order valence-electron chi connectivity index (χ4n) is 16.1. The number of nitrogens with one attached hydrogen (secondary N) is 1. The fraction of sp³-hybridized carbons (Fsp3) is 1.00. The van der Waals surface area contributed by atoms with Crippen LogP contribution in [0.3, 0.4) is 0 Å². The van der Waals surface area contributed by atoms with Gasteiger partial charge >= 0.3 is 0 Å². The van der Waals surface area contributed by atoms with E-state index in [9.17, 15) is 61.3 Å². The Hall–Kier alpha value is -0.840. The summed E-state index contributed by atoms with van der Waals surface area (Å²) in [7, 11) is 0. The zero-order valence-electron chi connectivity index (χ0n) is 41.2. The predicted molar refractivity (Wildman–Crippen MR) is 243 cm³/mol. The molecule has 4 aliphatic carbocycles. The third kappa shape index (κ3) is 9.50. The number of aliphatic hydroxyl groups excluding tert-OH is 12. The molecule has 6 saturated heterocycles. The van der Waals surface area contributed by atoms with Crippen LogP contribution in [0, 0.1) is 58.7 Å². The SMILES string of the molecule is C[C@H]1CC[C@]2(NC1)O[C@H]1C[C@@H]3C(CC[C@H]4[C@H]3CC[C@H]3C[C@@H](O[C@@H]5O[C@H](CO)[C@H](O[C@H]6O[C@H](CO)[C@@H](O)[C@H](O[C@@H]7OC[C@@H](O)[C@H](O)[C@H]7O)[C@H]6C[C@@H]6O[C@H](CO)[C@@H](O)[C@H](O)[C@H]6O)[C@H](O)[C@H]5O)CC[C@@]34C)[C@H]1[C@@H]2C. The van der Waals surface area contributed by atoms with Gasteiger partial charge in [-0.2, -0.15) is 0 Å². The van der Waals surface area contributed by atoms with Crippen molar-refractivity contribution in [2.24, 2.45) is 58.7 Å². The molecule has 6 aliphatic heterocycles. The van der Waals surface area contributed by atoms with Crippen LogP contribution in [-0.2, 0) is 37.9 Å². The molecular formula is C50H83NO20.